The summed E-state index contributed by atoms with van der Waals surface area (Å²) in [6.07, 6.45) is -2.45. The number of carbonyl (C=O) groups is 4. The number of carbonyl (C=O) groups excluding carboxylic acids is 1. The van der Waals surface area contributed by atoms with Crippen LogP contribution in [0.1, 0.15) is 29.6 Å². The first kappa shape index (κ1) is 25.6. The molecule has 1 amide bonds. The molecule has 32 heavy (non-hydrogen) atoms. The van der Waals surface area contributed by atoms with E-state index in [0.717, 1.165) is 12.1 Å². The van der Waals surface area contributed by atoms with E-state index >= 15 is 0 Å². The van der Waals surface area contributed by atoms with E-state index in [1.54, 1.807) is 0 Å². The monoisotopic (exact) mass is 493 g/mol. The zero-order chi connectivity index (χ0) is 24.4. The molecule has 0 radical (unpaired) electrons. The van der Waals surface area contributed by atoms with Gasteiger partial charge in [0.15, 0.2) is 5.75 Å². The second-order valence-electron chi connectivity index (χ2n) is 7.35. The number of carboxylic acids is 3. The number of nitrogens with two attached hydrogens (primary N) is 1. The topological polar surface area (TPSA) is 220 Å². The Bertz CT molecular complexity index is 921. The van der Waals surface area contributed by atoms with Crippen molar-refractivity contribution >= 4 is 47.0 Å². The normalized spacial score (nSPS) is 23.2. The molecule has 0 saturated carbocycles. The van der Waals surface area contributed by atoms with Gasteiger partial charge in [0.1, 0.15) is 23.7 Å². The summed E-state index contributed by atoms with van der Waals surface area (Å²) in [6, 6.07) is -2.01. The molecule has 1 aliphatic heterocycles. The van der Waals surface area contributed by atoms with Gasteiger partial charge in [0.05, 0.1) is 10.0 Å². The van der Waals surface area contributed by atoms with Crippen LogP contribution in [-0.4, -0.2) is 79.1 Å². The number of hydrogen-bond acceptors (Lipinski definition) is 8. The van der Waals surface area contributed by atoms with Crippen molar-refractivity contribution in [3.63, 3.8) is 0 Å². The van der Waals surface area contributed by atoms with Gasteiger partial charge in [-0.2, -0.15) is 0 Å². The van der Waals surface area contributed by atoms with Crippen molar-refractivity contribution in [1.29, 1.82) is 0 Å². The predicted octanol–water partition coefficient (Wildman–Crippen LogP) is -0.380. The third-order valence-corrected chi connectivity index (χ3v) is 5.84. The number of aromatic hydroxyl groups is 1. The number of aliphatic carboxylic acids is 3. The maximum atomic E-state index is 12.4. The second kappa shape index (κ2) is 9.88. The van der Waals surface area contributed by atoms with Crippen LogP contribution >= 0.6 is 23.2 Å². The largest absolute Gasteiger partial charge is 0.505 e. The van der Waals surface area contributed by atoms with E-state index in [9.17, 15) is 39.6 Å². The minimum Gasteiger partial charge on any atom is -0.505 e. The van der Waals surface area contributed by atoms with Crippen LogP contribution in [-0.2, 0) is 14.4 Å². The molecule has 176 valence electrons. The highest BCUT2D eigenvalue weighted by Gasteiger charge is 2.54. The smallest absolute Gasteiger partial charge is 0.326 e. The second-order valence-corrected chi connectivity index (χ2v) is 8.17. The van der Waals surface area contributed by atoms with Crippen LogP contribution in [0.2, 0.25) is 10.0 Å². The van der Waals surface area contributed by atoms with Crippen molar-refractivity contribution in [2.45, 2.75) is 49.0 Å². The van der Waals surface area contributed by atoms with Crippen molar-refractivity contribution in [3.8, 4) is 5.75 Å². The SMILES string of the molecule is N[C@H](C(=O)O)[C@H](O)[C@@]1(C(=O)O)CC[C@@H](C[C@@H](NC(=O)c2cc(Cl)c(O)c(Cl)c2)C(=O)O)N1. The summed E-state index contributed by atoms with van der Waals surface area (Å²) in [5, 5.41) is 52.3. The number of benzene rings is 1. The summed E-state index contributed by atoms with van der Waals surface area (Å²) in [5.74, 6) is -5.89. The molecule has 1 heterocycles. The number of aliphatic hydroxyl groups is 1. The molecule has 0 aliphatic carbocycles. The Morgan fingerprint density at radius 2 is 1.72 bits per heavy atom. The molecule has 12 nitrogen and oxygen atoms in total. The summed E-state index contributed by atoms with van der Waals surface area (Å²) in [5.41, 5.74) is 3.16. The van der Waals surface area contributed by atoms with Crippen molar-refractivity contribution < 1.29 is 44.7 Å². The number of halogens is 2. The van der Waals surface area contributed by atoms with E-state index in [4.69, 9.17) is 34.0 Å². The Morgan fingerprint density at radius 3 is 2.19 bits per heavy atom. The zero-order valence-corrected chi connectivity index (χ0v) is 17.8. The Balaban J connectivity index is 2.17. The van der Waals surface area contributed by atoms with E-state index < -0.39 is 59.3 Å². The highest BCUT2D eigenvalue weighted by Crippen LogP contribution is 2.33. The Kier molecular flexibility index (Phi) is 7.91. The molecular formula is C18H21Cl2N3O9. The van der Waals surface area contributed by atoms with Gasteiger partial charge in [-0.1, -0.05) is 23.2 Å². The van der Waals surface area contributed by atoms with Gasteiger partial charge in [-0.05, 0) is 31.4 Å². The van der Waals surface area contributed by atoms with Crippen LogP contribution in [0.5, 0.6) is 5.75 Å². The standard InChI is InChI=1S/C18H21Cl2N3O9/c19-8-3-6(4-9(20)12(8)24)14(26)22-10(15(27)28)5-7-1-2-18(23-7,17(31)32)13(25)11(21)16(29)30/h3-4,7,10-11,13,23-25H,1-2,5,21H2,(H,22,26)(H,27,28)(H,29,30)(H,31,32)/t7-,10+,11-,13-,18+/m0/s1. The highest BCUT2D eigenvalue weighted by atomic mass is 35.5. The lowest BCUT2D eigenvalue weighted by atomic mass is 9.86. The number of rotatable bonds is 9. The van der Waals surface area contributed by atoms with Gasteiger partial charge in [-0.25, -0.2) is 4.79 Å². The van der Waals surface area contributed by atoms with Gasteiger partial charge in [0.2, 0.25) is 0 Å². The molecule has 2 rings (SSSR count). The highest BCUT2D eigenvalue weighted by molar-refractivity contribution is 6.37. The Labute approximate surface area is 190 Å². The third kappa shape index (κ3) is 5.22. The molecule has 1 aromatic carbocycles. The van der Waals surface area contributed by atoms with E-state index in [1.807, 2.05) is 0 Å². The maximum absolute atomic E-state index is 12.4. The van der Waals surface area contributed by atoms with Crippen LogP contribution in [0.4, 0.5) is 0 Å². The van der Waals surface area contributed by atoms with E-state index in [2.05, 4.69) is 10.6 Å². The lowest BCUT2D eigenvalue weighted by Gasteiger charge is -2.33. The quantitative estimate of drug-likeness (QED) is 0.221. The Hall–Kier alpha value is -2.64. The summed E-state index contributed by atoms with van der Waals surface area (Å²) >= 11 is 11.5. The van der Waals surface area contributed by atoms with E-state index in [-0.39, 0.29) is 34.9 Å². The first-order chi connectivity index (χ1) is 14.8. The van der Waals surface area contributed by atoms with Crippen molar-refractivity contribution in [1.82, 2.24) is 10.6 Å². The fourth-order valence-electron chi connectivity index (χ4n) is 3.50. The summed E-state index contributed by atoms with van der Waals surface area (Å²) in [7, 11) is 0. The average Bonchev–Trinajstić information content (AvgIpc) is 3.15. The molecule has 0 unspecified atom stereocenters. The number of aliphatic hydroxyl groups excluding tert-OH is 1. The maximum Gasteiger partial charge on any atom is 0.326 e. The first-order valence-corrected chi connectivity index (χ1v) is 9.95. The van der Waals surface area contributed by atoms with Gasteiger partial charge in [-0.15, -0.1) is 0 Å². The van der Waals surface area contributed by atoms with E-state index in [1.165, 1.54) is 0 Å². The molecular weight excluding hydrogens is 473 g/mol. The minimum absolute atomic E-state index is 0.0617. The fraction of sp³-hybridized carbons (Fsp3) is 0.444. The summed E-state index contributed by atoms with van der Waals surface area (Å²) in [4.78, 5) is 47.0. The lowest BCUT2D eigenvalue weighted by molar-refractivity contribution is -0.153. The van der Waals surface area contributed by atoms with Crippen LogP contribution in [0.3, 0.4) is 0 Å². The minimum atomic E-state index is -2.10. The predicted molar refractivity (Wildman–Crippen MR) is 110 cm³/mol. The molecule has 0 bridgehead atoms. The van der Waals surface area contributed by atoms with Gasteiger partial charge in [0.25, 0.3) is 5.91 Å². The van der Waals surface area contributed by atoms with Crippen LogP contribution in [0.15, 0.2) is 12.1 Å². The van der Waals surface area contributed by atoms with Gasteiger partial charge >= 0.3 is 17.9 Å². The number of hydrogen-bond donors (Lipinski definition) is 8. The van der Waals surface area contributed by atoms with Crippen molar-refractivity contribution in [2.75, 3.05) is 0 Å². The lowest BCUT2D eigenvalue weighted by Crippen LogP contribution is -2.65. The molecule has 5 atom stereocenters. The van der Waals surface area contributed by atoms with E-state index in [0.29, 0.717) is 0 Å². The van der Waals surface area contributed by atoms with Crippen molar-refractivity contribution in [3.05, 3.63) is 27.7 Å². The number of phenols is 1. The molecule has 1 aliphatic rings. The number of phenolic OH excluding ortho intramolecular Hbond substituents is 1. The molecule has 1 fully saturated rings. The number of amides is 1. The van der Waals surface area contributed by atoms with Crippen molar-refractivity contribution in [2.24, 2.45) is 5.73 Å². The zero-order valence-electron chi connectivity index (χ0n) is 16.3. The average molecular weight is 494 g/mol. The Morgan fingerprint density at radius 1 is 1.16 bits per heavy atom. The van der Waals surface area contributed by atoms with Crippen LogP contribution in [0, 0.1) is 0 Å². The van der Waals surface area contributed by atoms with Gasteiger partial charge < -0.3 is 36.6 Å². The third-order valence-electron chi connectivity index (χ3n) is 5.26. The van der Waals surface area contributed by atoms with Gasteiger partial charge in [-0.3, -0.25) is 19.7 Å². The summed E-state index contributed by atoms with van der Waals surface area (Å²) < 4.78 is 0. The molecule has 0 aromatic heterocycles. The summed E-state index contributed by atoms with van der Waals surface area (Å²) in [6.45, 7) is 0. The molecule has 0 spiro atoms. The van der Waals surface area contributed by atoms with Gasteiger partial charge in [0, 0.05) is 11.6 Å². The molecule has 14 heteroatoms. The van der Waals surface area contributed by atoms with Crippen LogP contribution < -0.4 is 16.4 Å². The number of nitrogens with one attached hydrogen (secondary N) is 2. The fourth-order valence-corrected chi connectivity index (χ4v) is 3.99. The molecule has 1 saturated heterocycles. The molecule has 9 N–H and O–H groups in total. The van der Waals surface area contributed by atoms with Crippen LogP contribution in [0.25, 0.3) is 0 Å². The first-order valence-electron chi connectivity index (χ1n) is 9.19. The molecule has 1 aromatic rings. The number of carboxylic acid groups (broad SMARTS) is 3.